The molecule has 0 aromatic heterocycles. The topological polar surface area (TPSA) is 3.24 Å². The van der Waals surface area contributed by atoms with Crippen LogP contribution in [0.1, 0.15) is 22.3 Å². The van der Waals surface area contributed by atoms with Crippen molar-refractivity contribution in [3.05, 3.63) is 162 Å². The van der Waals surface area contributed by atoms with Crippen LogP contribution in [-0.2, 0) is 5.41 Å². The van der Waals surface area contributed by atoms with E-state index in [0.717, 1.165) is 0 Å². The zero-order valence-corrected chi connectivity index (χ0v) is 22.0. The van der Waals surface area contributed by atoms with Crippen molar-refractivity contribution >= 4 is 28.8 Å². The van der Waals surface area contributed by atoms with Crippen molar-refractivity contribution in [3.8, 4) is 22.3 Å². The summed E-state index contributed by atoms with van der Waals surface area (Å²) in [5.41, 5.74) is 14.1. The summed E-state index contributed by atoms with van der Waals surface area (Å²) >= 11 is 1.89. The van der Waals surface area contributed by atoms with Crippen molar-refractivity contribution < 1.29 is 0 Å². The maximum absolute atomic E-state index is 2.52. The predicted molar refractivity (Wildman–Crippen MR) is 162 cm³/mol. The number of rotatable bonds is 1. The summed E-state index contributed by atoms with van der Waals surface area (Å²) in [5, 5.41) is 0. The summed E-state index contributed by atoms with van der Waals surface area (Å²) < 4.78 is 0. The van der Waals surface area contributed by atoms with Gasteiger partial charge in [0.15, 0.2) is 0 Å². The first-order chi connectivity index (χ1) is 19.4. The van der Waals surface area contributed by atoms with Gasteiger partial charge in [0.1, 0.15) is 0 Å². The highest BCUT2D eigenvalue weighted by Crippen LogP contribution is 2.67. The average molecular weight is 514 g/mol. The first-order valence-electron chi connectivity index (χ1n) is 13.5. The lowest BCUT2D eigenvalue weighted by molar-refractivity contribution is 0.748. The zero-order chi connectivity index (χ0) is 25.6. The monoisotopic (exact) mass is 513 g/mol. The molecule has 9 rings (SSSR count). The average Bonchev–Trinajstić information content (AvgIpc) is 3.31. The van der Waals surface area contributed by atoms with E-state index in [9.17, 15) is 0 Å². The summed E-state index contributed by atoms with van der Waals surface area (Å²) in [7, 11) is 0. The number of para-hydroxylation sites is 3. The predicted octanol–water partition coefficient (Wildman–Crippen LogP) is 9.96. The van der Waals surface area contributed by atoms with Gasteiger partial charge in [-0.05, 0) is 68.8 Å². The Bertz CT molecular complexity index is 1960. The van der Waals surface area contributed by atoms with Crippen LogP contribution in [0.15, 0.2) is 149 Å². The summed E-state index contributed by atoms with van der Waals surface area (Å²) in [5.74, 6) is 0. The van der Waals surface area contributed by atoms with Gasteiger partial charge in [-0.2, -0.15) is 0 Å². The molecule has 0 radical (unpaired) electrons. The smallest absolute Gasteiger partial charge is 0.0760 e. The maximum Gasteiger partial charge on any atom is 0.0760 e. The molecule has 3 aliphatic rings. The normalized spacial score (nSPS) is 17.2. The van der Waals surface area contributed by atoms with E-state index in [0.29, 0.717) is 0 Å². The fourth-order valence-corrected chi connectivity index (χ4v) is 8.36. The molecule has 1 atom stereocenters. The van der Waals surface area contributed by atoms with Crippen LogP contribution in [0.5, 0.6) is 0 Å². The molecule has 0 unspecified atom stereocenters. The number of hydrogen-bond acceptors (Lipinski definition) is 2. The fraction of sp³-hybridized carbons (Fsp3) is 0.0270. The highest BCUT2D eigenvalue weighted by molar-refractivity contribution is 7.99. The van der Waals surface area contributed by atoms with Crippen LogP contribution >= 0.6 is 11.8 Å². The Balaban J connectivity index is 1.49. The third-order valence-corrected chi connectivity index (χ3v) is 9.76. The summed E-state index contributed by atoms with van der Waals surface area (Å²) in [6, 6.07) is 51.7. The Labute approximate surface area is 232 Å². The first-order valence-corrected chi connectivity index (χ1v) is 14.3. The molecule has 2 heteroatoms. The first kappa shape index (κ1) is 21.4. The van der Waals surface area contributed by atoms with E-state index < -0.39 is 5.41 Å². The number of hydrogen-bond donors (Lipinski definition) is 0. The molecule has 182 valence electrons. The minimum absolute atomic E-state index is 0.427. The van der Waals surface area contributed by atoms with E-state index in [2.05, 4.69) is 144 Å². The Morgan fingerprint density at radius 1 is 0.436 bits per heavy atom. The molecule has 0 fully saturated rings. The molecule has 6 aromatic carbocycles. The van der Waals surface area contributed by atoms with Gasteiger partial charge in [-0.25, -0.2) is 0 Å². The quantitative estimate of drug-likeness (QED) is 0.215. The van der Waals surface area contributed by atoms with Gasteiger partial charge >= 0.3 is 0 Å². The lowest BCUT2D eigenvalue weighted by Gasteiger charge is -2.47. The van der Waals surface area contributed by atoms with Crippen LogP contribution in [0.3, 0.4) is 0 Å². The highest BCUT2D eigenvalue weighted by Gasteiger charge is 2.53. The third kappa shape index (κ3) is 2.62. The van der Waals surface area contributed by atoms with E-state index in [4.69, 9.17) is 0 Å². The van der Waals surface area contributed by atoms with Crippen LogP contribution in [0.25, 0.3) is 22.3 Å². The number of fused-ring (bicyclic) bond motifs is 11. The zero-order valence-electron chi connectivity index (χ0n) is 21.1. The van der Waals surface area contributed by atoms with E-state index in [1.807, 2.05) is 11.8 Å². The molecule has 1 aliphatic carbocycles. The molecule has 39 heavy (non-hydrogen) atoms. The van der Waals surface area contributed by atoms with Crippen LogP contribution in [0.2, 0.25) is 0 Å². The van der Waals surface area contributed by atoms with Gasteiger partial charge in [0.05, 0.1) is 22.5 Å². The second-order valence-corrected chi connectivity index (χ2v) is 11.5. The Hall–Kier alpha value is -4.53. The second kappa shape index (κ2) is 7.75. The van der Waals surface area contributed by atoms with Gasteiger partial charge in [-0.15, -0.1) is 0 Å². The molecule has 0 saturated carbocycles. The Morgan fingerprint density at radius 3 is 1.95 bits per heavy atom. The van der Waals surface area contributed by atoms with Crippen molar-refractivity contribution in [2.75, 3.05) is 4.90 Å². The lowest BCUT2D eigenvalue weighted by atomic mass is 9.63. The molecular weight excluding hydrogens is 490 g/mol. The standard InChI is InChI=1S/C37H23NS/c1-2-12-24(13-3-1)25-15-10-16-27-26-14-4-5-17-28(26)37(35(25)27)29-18-6-7-20-31(29)38-32-21-8-9-22-33(32)39-34-23-11-19-30(37)36(34)38/h1-23H/t37-/m1/s1. The molecular formula is C37H23NS. The van der Waals surface area contributed by atoms with Gasteiger partial charge < -0.3 is 4.90 Å². The van der Waals surface area contributed by atoms with Crippen LogP contribution < -0.4 is 4.90 Å². The molecule has 1 spiro atoms. The lowest BCUT2D eigenvalue weighted by Crippen LogP contribution is -2.37. The van der Waals surface area contributed by atoms with Gasteiger partial charge in [-0.1, -0.05) is 127 Å². The van der Waals surface area contributed by atoms with E-state index in [1.165, 1.54) is 71.4 Å². The summed E-state index contributed by atoms with van der Waals surface area (Å²) in [6.45, 7) is 0. The van der Waals surface area contributed by atoms with E-state index in [1.54, 1.807) is 0 Å². The van der Waals surface area contributed by atoms with Crippen molar-refractivity contribution in [1.29, 1.82) is 0 Å². The maximum atomic E-state index is 2.52. The largest absolute Gasteiger partial charge is 0.308 e. The molecule has 0 amide bonds. The summed E-state index contributed by atoms with van der Waals surface area (Å²) in [6.07, 6.45) is 0. The number of benzene rings is 6. The number of anilines is 3. The van der Waals surface area contributed by atoms with Crippen LogP contribution in [-0.4, -0.2) is 0 Å². The SMILES string of the molecule is c1ccc(-c2cccc3c2[C@]2(c4ccccc4-3)c3ccccc3N3c4ccccc4Sc4cccc2c43)cc1. The van der Waals surface area contributed by atoms with Gasteiger partial charge in [-0.3, -0.25) is 0 Å². The molecule has 0 bridgehead atoms. The van der Waals surface area contributed by atoms with Gasteiger partial charge in [0.2, 0.25) is 0 Å². The van der Waals surface area contributed by atoms with Crippen molar-refractivity contribution in [3.63, 3.8) is 0 Å². The molecule has 0 N–H and O–H groups in total. The van der Waals surface area contributed by atoms with Gasteiger partial charge in [0, 0.05) is 9.79 Å². The van der Waals surface area contributed by atoms with Crippen molar-refractivity contribution in [1.82, 2.24) is 0 Å². The number of nitrogens with zero attached hydrogens (tertiary/aromatic N) is 1. The van der Waals surface area contributed by atoms with Crippen molar-refractivity contribution in [2.45, 2.75) is 15.2 Å². The molecule has 6 aromatic rings. The highest BCUT2D eigenvalue weighted by atomic mass is 32.2. The Kier molecular flexibility index (Phi) is 4.26. The Morgan fingerprint density at radius 2 is 1.05 bits per heavy atom. The van der Waals surface area contributed by atoms with Crippen LogP contribution in [0, 0.1) is 0 Å². The fourth-order valence-electron chi connectivity index (χ4n) is 7.26. The second-order valence-electron chi connectivity index (χ2n) is 10.5. The molecule has 2 heterocycles. The minimum atomic E-state index is -0.427. The molecule has 1 nitrogen and oxygen atoms in total. The third-order valence-electron chi connectivity index (χ3n) is 8.65. The van der Waals surface area contributed by atoms with E-state index >= 15 is 0 Å². The van der Waals surface area contributed by atoms with Crippen molar-refractivity contribution in [2.24, 2.45) is 0 Å². The summed E-state index contributed by atoms with van der Waals surface area (Å²) in [4.78, 5) is 5.12. The molecule has 2 aliphatic heterocycles. The minimum Gasteiger partial charge on any atom is -0.308 e. The van der Waals surface area contributed by atoms with Gasteiger partial charge in [0.25, 0.3) is 0 Å². The van der Waals surface area contributed by atoms with Crippen LogP contribution in [0.4, 0.5) is 17.1 Å². The molecule has 0 saturated heterocycles. The van der Waals surface area contributed by atoms with E-state index in [-0.39, 0.29) is 0 Å².